The van der Waals surface area contributed by atoms with Crippen molar-refractivity contribution in [1.82, 2.24) is 9.03 Å². The van der Waals surface area contributed by atoms with Crippen LogP contribution < -0.4 is 4.72 Å². The quantitative estimate of drug-likeness (QED) is 0.685. The molecule has 0 saturated heterocycles. The van der Waals surface area contributed by atoms with E-state index >= 15 is 0 Å². The van der Waals surface area contributed by atoms with Gasteiger partial charge in [-0.2, -0.15) is 12.7 Å². The second-order valence-corrected chi connectivity index (χ2v) is 5.88. The van der Waals surface area contributed by atoms with Crippen LogP contribution in [0.1, 0.15) is 25.7 Å². The van der Waals surface area contributed by atoms with Crippen LogP contribution in [0.3, 0.4) is 0 Å². The SMILES string of the molecule is CNS(=O)(=O)N(C)CC1(O)CCCC1. The summed E-state index contributed by atoms with van der Waals surface area (Å²) in [6.45, 7) is 0.177. The molecule has 0 aromatic rings. The molecular formula is C8H18N2O3S. The average molecular weight is 222 g/mol. The molecule has 0 radical (unpaired) electrons. The third-order valence-corrected chi connectivity index (χ3v) is 4.19. The van der Waals surface area contributed by atoms with Crippen molar-refractivity contribution in [3.05, 3.63) is 0 Å². The Labute approximate surface area is 85.3 Å². The van der Waals surface area contributed by atoms with Crippen LogP contribution in [0.15, 0.2) is 0 Å². The summed E-state index contributed by atoms with van der Waals surface area (Å²) in [4.78, 5) is 0. The van der Waals surface area contributed by atoms with Gasteiger partial charge >= 0.3 is 0 Å². The molecule has 1 rings (SSSR count). The van der Waals surface area contributed by atoms with Gasteiger partial charge in [-0.15, -0.1) is 0 Å². The summed E-state index contributed by atoms with van der Waals surface area (Å²) in [5, 5.41) is 9.99. The Balaban J connectivity index is 2.60. The lowest BCUT2D eigenvalue weighted by atomic mass is 10.0. The van der Waals surface area contributed by atoms with E-state index in [-0.39, 0.29) is 6.54 Å². The Kier molecular flexibility index (Phi) is 3.52. The molecule has 1 fully saturated rings. The Morgan fingerprint density at radius 1 is 1.43 bits per heavy atom. The second kappa shape index (κ2) is 4.14. The van der Waals surface area contributed by atoms with E-state index in [0.29, 0.717) is 12.8 Å². The highest BCUT2D eigenvalue weighted by molar-refractivity contribution is 7.87. The molecule has 1 aliphatic carbocycles. The number of aliphatic hydroxyl groups is 1. The van der Waals surface area contributed by atoms with E-state index in [2.05, 4.69) is 4.72 Å². The van der Waals surface area contributed by atoms with Gasteiger partial charge in [0.1, 0.15) is 0 Å². The van der Waals surface area contributed by atoms with E-state index in [1.807, 2.05) is 0 Å². The van der Waals surface area contributed by atoms with E-state index in [0.717, 1.165) is 12.8 Å². The minimum Gasteiger partial charge on any atom is -0.389 e. The van der Waals surface area contributed by atoms with Gasteiger partial charge in [0.15, 0.2) is 0 Å². The van der Waals surface area contributed by atoms with Crippen molar-refractivity contribution in [3.63, 3.8) is 0 Å². The molecule has 0 aromatic carbocycles. The molecule has 84 valence electrons. The maximum atomic E-state index is 11.3. The van der Waals surface area contributed by atoms with E-state index in [1.54, 1.807) is 0 Å². The summed E-state index contributed by atoms with van der Waals surface area (Å²) in [5.41, 5.74) is -0.821. The van der Waals surface area contributed by atoms with E-state index in [1.165, 1.54) is 18.4 Å². The summed E-state index contributed by atoms with van der Waals surface area (Å²) in [6, 6.07) is 0. The minimum atomic E-state index is -3.40. The number of rotatable bonds is 4. The summed E-state index contributed by atoms with van der Waals surface area (Å²) in [6.07, 6.45) is 3.33. The van der Waals surface area contributed by atoms with E-state index in [9.17, 15) is 13.5 Å². The fourth-order valence-electron chi connectivity index (χ4n) is 1.85. The molecule has 0 amide bonds. The van der Waals surface area contributed by atoms with E-state index in [4.69, 9.17) is 0 Å². The lowest BCUT2D eigenvalue weighted by molar-refractivity contribution is 0.0331. The molecule has 14 heavy (non-hydrogen) atoms. The molecule has 0 aromatic heterocycles. The molecule has 2 N–H and O–H groups in total. The van der Waals surface area contributed by atoms with Crippen LogP contribution in [-0.2, 0) is 10.2 Å². The first kappa shape index (κ1) is 11.9. The zero-order valence-corrected chi connectivity index (χ0v) is 9.47. The first-order chi connectivity index (χ1) is 6.40. The molecule has 5 nitrogen and oxygen atoms in total. The summed E-state index contributed by atoms with van der Waals surface area (Å²) in [7, 11) is -0.561. The van der Waals surface area contributed by atoms with Gasteiger partial charge in [0.25, 0.3) is 10.2 Å². The van der Waals surface area contributed by atoms with Crippen molar-refractivity contribution in [2.45, 2.75) is 31.3 Å². The van der Waals surface area contributed by atoms with Gasteiger partial charge in [0.2, 0.25) is 0 Å². The lowest BCUT2D eigenvalue weighted by Gasteiger charge is -2.27. The zero-order chi connectivity index (χ0) is 10.8. The van der Waals surface area contributed by atoms with Gasteiger partial charge in [-0.3, -0.25) is 0 Å². The van der Waals surface area contributed by atoms with Crippen LogP contribution in [-0.4, -0.2) is 44.1 Å². The molecule has 1 aliphatic rings. The molecule has 0 bridgehead atoms. The van der Waals surface area contributed by atoms with Crippen LogP contribution in [0.5, 0.6) is 0 Å². The number of likely N-dealkylation sites (N-methyl/N-ethyl adjacent to an activating group) is 1. The summed E-state index contributed by atoms with van der Waals surface area (Å²) >= 11 is 0. The minimum absolute atomic E-state index is 0.177. The Morgan fingerprint density at radius 2 is 1.93 bits per heavy atom. The molecule has 0 spiro atoms. The number of hydrogen-bond donors (Lipinski definition) is 2. The summed E-state index contributed by atoms with van der Waals surface area (Å²) < 4.78 is 26.1. The monoisotopic (exact) mass is 222 g/mol. The highest BCUT2D eigenvalue weighted by atomic mass is 32.2. The predicted octanol–water partition coefficient (Wildman–Crippen LogP) is -0.313. The van der Waals surface area contributed by atoms with Crippen molar-refractivity contribution in [1.29, 1.82) is 0 Å². The molecule has 0 aliphatic heterocycles. The maximum Gasteiger partial charge on any atom is 0.279 e. The van der Waals surface area contributed by atoms with Crippen molar-refractivity contribution >= 4 is 10.2 Å². The first-order valence-corrected chi connectivity index (χ1v) is 6.21. The van der Waals surface area contributed by atoms with Crippen molar-refractivity contribution in [2.75, 3.05) is 20.6 Å². The maximum absolute atomic E-state index is 11.3. The molecule has 0 heterocycles. The largest absolute Gasteiger partial charge is 0.389 e. The van der Waals surface area contributed by atoms with Crippen LogP contribution >= 0.6 is 0 Å². The van der Waals surface area contributed by atoms with Gasteiger partial charge in [0.05, 0.1) is 5.60 Å². The Hall–Kier alpha value is -0.170. The summed E-state index contributed by atoms with van der Waals surface area (Å²) in [5.74, 6) is 0. The number of nitrogens with zero attached hydrogens (tertiary/aromatic N) is 1. The zero-order valence-electron chi connectivity index (χ0n) is 8.65. The van der Waals surface area contributed by atoms with Crippen molar-refractivity contribution in [3.8, 4) is 0 Å². The van der Waals surface area contributed by atoms with Gasteiger partial charge in [-0.1, -0.05) is 12.8 Å². The predicted molar refractivity (Wildman–Crippen MR) is 54.0 cm³/mol. The van der Waals surface area contributed by atoms with Crippen molar-refractivity contribution in [2.24, 2.45) is 0 Å². The molecular weight excluding hydrogens is 204 g/mol. The smallest absolute Gasteiger partial charge is 0.279 e. The van der Waals surface area contributed by atoms with Gasteiger partial charge in [-0.05, 0) is 12.8 Å². The topological polar surface area (TPSA) is 69.6 Å². The average Bonchev–Trinajstić information content (AvgIpc) is 2.52. The van der Waals surface area contributed by atoms with Gasteiger partial charge in [-0.25, -0.2) is 4.72 Å². The first-order valence-electron chi connectivity index (χ1n) is 4.77. The standard InChI is InChI=1S/C8H18N2O3S/c1-9-14(12,13)10(2)7-8(11)5-3-4-6-8/h9,11H,3-7H2,1-2H3. The number of nitrogens with one attached hydrogen (secondary N) is 1. The second-order valence-electron chi connectivity index (χ2n) is 3.90. The molecule has 1 saturated carbocycles. The van der Waals surface area contributed by atoms with Crippen LogP contribution in [0.2, 0.25) is 0 Å². The highest BCUT2D eigenvalue weighted by Gasteiger charge is 2.34. The highest BCUT2D eigenvalue weighted by Crippen LogP contribution is 2.30. The lowest BCUT2D eigenvalue weighted by Crippen LogP contribution is -2.45. The fraction of sp³-hybridized carbons (Fsp3) is 1.00. The Morgan fingerprint density at radius 3 is 2.36 bits per heavy atom. The fourth-order valence-corrected chi connectivity index (χ4v) is 2.57. The molecule has 0 unspecified atom stereocenters. The van der Waals surface area contributed by atoms with Crippen LogP contribution in [0, 0.1) is 0 Å². The van der Waals surface area contributed by atoms with Crippen LogP contribution in [0.4, 0.5) is 0 Å². The third kappa shape index (κ3) is 2.66. The third-order valence-electron chi connectivity index (χ3n) is 2.72. The molecule has 0 atom stereocenters. The van der Waals surface area contributed by atoms with E-state index < -0.39 is 15.8 Å². The van der Waals surface area contributed by atoms with Gasteiger partial charge in [0, 0.05) is 20.6 Å². The number of hydrogen-bond acceptors (Lipinski definition) is 3. The Bertz CT molecular complexity index is 283. The van der Waals surface area contributed by atoms with Crippen LogP contribution in [0.25, 0.3) is 0 Å². The molecule has 6 heteroatoms. The van der Waals surface area contributed by atoms with Crippen molar-refractivity contribution < 1.29 is 13.5 Å². The van der Waals surface area contributed by atoms with Gasteiger partial charge < -0.3 is 5.11 Å². The normalized spacial score (nSPS) is 21.7.